The van der Waals surface area contributed by atoms with Gasteiger partial charge in [0.2, 0.25) is 10.0 Å². The number of primary sulfonamides is 1. The van der Waals surface area contributed by atoms with Crippen LogP contribution in [0.4, 0.5) is 11.4 Å². The molecule has 0 radical (unpaired) electrons. The molecule has 0 spiro atoms. The molecule has 0 saturated carbocycles. The number of rotatable bonds is 4. The van der Waals surface area contributed by atoms with Crippen LogP contribution in [0, 0.1) is 0 Å². The van der Waals surface area contributed by atoms with Gasteiger partial charge in [0, 0.05) is 11.0 Å². The molecule has 0 bridgehead atoms. The minimum atomic E-state index is -3.73. The van der Waals surface area contributed by atoms with Crippen LogP contribution in [0.3, 0.4) is 0 Å². The standard InChI is InChI=1S/C13H14BrN3O2S/c14-10-3-1-2-9(6-10)8-17-13-5-4-11(7-12(13)15)20(16,18)19/h1-7,17H,8,15H2,(H2,16,18,19). The number of anilines is 2. The van der Waals surface area contributed by atoms with Crippen molar-refractivity contribution in [2.75, 3.05) is 11.1 Å². The summed E-state index contributed by atoms with van der Waals surface area (Å²) >= 11 is 3.40. The molecule has 106 valence electrons. The summed E-state index contributed by atoms with van der Waals surface area (Å²) in [6.45, 7) is 0.582. The molecule has 2 aromatic carbocycles. The zero-order chi connectivity index (χ0) is 14.8. The molecule has 0 fully saturated rings. The Morgan fingerprint density at radius 1 is 1.15 bits per heavy atom. The van der Waals surface area contributed by atoms with Crippen LogP contribution < -0.4 is 16.2 Å². The molecule has 0 unspecified atom stereocenters. The van der Waals surface area contributed by atoms with Crippen LogP contribution in [0.2, 0.25) is 0 Å². The van der Waals surface area contributed by atoms with E-state index in [0.717, 1.165) is 10.0 Å². The molecule has 7 heteroatoms. The average Bonchev–Trinajstić information content (AvgIpc) is 2.36. The second-order valence-electron chi connectivity index (χ2n) is 4.28. The maximum Gasteiger partial charge on any atom is 0.238 e. The third-order valence-electron chi connectivity index (χ3n) is 2.72. The SMILES string of the molecule is Nc1cc(S(N)(=O)=O)ccc1NCc1cccc(Br)c1. The molecule has 0 amide bonds. The predicted molar refractivity (Wildman–Crippen MR) is 83.7 cm³/mol. The number of nitrogen functional groups attached to an aromatic ring is 1. The van der Waals surface area contributed by atoms with E-state index < -0.39 is 10.0 Å². The molecular formula is C13H14BrN3O2S. The Morgan fingerprint density at radius 2 is 1.90 bits per heavy atom. The first-order chi connectivity index (χ1) is 9.36. The van der Waals surface area contributed by atoms with Gasteiger partial charge in [-0.05, 0) is 35.9 Å². The Bertz CT molecular complexity index is 732. The fourth-order valence-electron chi connectivity index (χ4n) is 1.72. The van der Waals surface area contributed by atoms with E-state index in [1.54, 1.807) is 6.07 Å². The topological polar surface area (TPSA) is 98.2 Å². The van der Waals surface area contributed by atoms with Crippen LogP contribution in [0.15, 0.2) is 51.8 Å². The summed E-state index contributed by atoms with van der Waals surface area (Å²) in [5.74, 6) is 0. The Balaban J connectivity index is 2.15. The van der Waals surface area contributed by atoms with Crippen molar-refractivity contribution in [3.8, 4) is 0 Å². The minimum absolute atomic E-state index is 0.00278. The van der Waals surface area contributed by atoms with Crippen LogP contribution >= 0.6 is 15.9 Å². The van der Waals surface area contributed by atoms with Crippen molar-refractivity contribution >= 4 is 37.3 Å². The van der Waals surface area contributed by atoms with Crippen molar-refractivity contribution in [3.63, 3.8) is 0 Å². The number of hydrogen-bond donors (Lipinski definition) is 3. The zero-order valence-corrected chi connectivity index (χ0v) is 12.9. The van der Waals surface area contributed by atoms with E-state index >= 15 is 0 Å². The minimum Gasteiger partial charge on any atom is -0.397 e. The first-order valence-electron chi connectivity index (χ1n) is 5.77. The molecule has 0 aliphatic rings. The van der Waals surface area contributed by atoms with Gasteiger partial charge in [-0.3, -0.25) is 0 Å². The Hall–Kier alpha value is -1.57. The molecule has 2 rings (SSSR count). The average molecular weight is 356 g/mol. The largest absolute Gasteiger partial charge is 0.397 e. The molecule has 0 aromatic heterocycles. The molecule has 0 aliphatic carbocycles. The van der Waals surface area contributed by atoms with Crippen LogP contribution in [0.5, 0.6) is 0 Å². The van der Waals surface area contributed by atoms with Crippen LogP contribution in [-0.4, -0.2) is 8.42 Å². The number of hydrogen-bond acceptors (Lipinski definition) is 4. The quantitative estimate of drug-likeness (QED) is 0.732. The van der Waals surface area contributed by atoms with Crippen LogP contribution in [0.1, 0.15) is 5.56 Å². The predicted octanol–water partition coefficient (Wildman–Crippen LogP) is 2.29. The molecule has 5 nitrogen and oxygen atoms in total. The molecule has 20 heavy (non-hydrogen) atoms. The van der Waals surface area contributed by atoms with E-state index in [2.05, 4.69) is 21.2 Å². The smallest absolute Gasteiger partial charge is 0.238 e. The summed E-state index contributed by atoms with van der Waals surface area (Å²) in [6.07, 6.45) is 0. The number of nitrogens with two attached hydrogens (primary N) is 2. The second-order valence-corrected chi connectivity index (χ2v) is 6.75. The highest BCUT2D eigenvalue weighted by atomic mass is 79.9. The lowest BCUT2D eigenvalue weighted by molar-refractivity contribution is 0.598. The van der Waals surface area contributed by atoms with Crippen molar-refractivity contribution in [2.24, 2.45) is 5.14 Å². The van der Waals surface area contributed by atoms with E-state index in [4.69, 9.17) is 10.9 Å². The van der Waals surface area contributed by atoms with Gasteiger partial charge in [0.15, 0.2) is 0 Å². The first-order valence-corrected chi connectivity index (χ1v) is 8.11. The lowest BCUT2D eigenvalue weighted by Crippen LogP contribution is -2.13. The lowest BCUT2D eigenvalue weighted by Gasteiger charge is -2.10. The van der Waals surface area contributed by atoms with Crippen molar-refractivity contribution in [3.05, 3.63) is 52.5 Å². The molecule has 0 atom stereocenters. The van der Waals surface area contributed by atoms with Gasteiger partial charge in [-0.15, -0.1) is 0 Å². The monoisotopic (exact) mass is 355 g/mol. The summed E-state index contributed by atoms with van der Waals surface area (Å²) in [5, 5.41) is 8.20. The maximum absolute atomic E-state index is 11.2. The first kappa shape index (κ1) is 14.8. The highest BCUT2D eigenvalue weighted by Crippen LogP contribution is 2.23. The number of halogens is 1. The van der Waals surface area contributed by atoms with E-state index in [-0.39, 0.29) is 4.90 Å². The summed E-state index contributed by atoms with van der Waals surface area (Å²) in [4.78, 5) is 0.00278. The number of sulfonamides is 1. The number of benzene rings is 2. The van der Waals surface area contributed by atoms with Crippen LogP contribution in [-0.2, 0) is 16.6 Å². The van der Waals surface area contributed by atoms with Crippen molar-refractivity contribution < 1.29 is 8.42 Å². The van der Waals surface area contributed by atoms with E-state index in [0.29, 0.717) is 17.9 Å². The fourth-order valence-corrected chi connectivity index (χ4v) is 2.72. The Labute approximate surface area is 126 Å². The normalized spacial score (nSPS) is 11.3. The van der Waals surface area contributed by atoms with Crippen molar-refractivity contribution in [2.45, 2.75) is 11.4 Å². The summed E-state index contributed by atoms with van der Waals surface area (Å²) in [6, 6.07) is 12.2. The van der Waals surface area contributed by atoms with E-state index in [1.165, 1.54) is 12.1 Å². The van der Waals surface area contributed by atoms with E-state index in [9.17, 15) is 8.42 Å². The highest BCUT2D eigenvalue weighted by Gasteiger charge is 2.09. The van der Waals surface area contributed by atoms with Gasteiger partial charge in [-0.1, -0.05) is 28.1 Å². The number of nitrogens with one attached hydrogen (secondary N) is 1. The third kappa shape index (κ3) is 3.72. The maximum atomic E-state index is 11.2. The van der Waals surface area contributed by atoms with Gasteiger partial charge in [0.1, 0.15) is 0 Å². The summed E-state index contributed by atoms with van der Waals surface area (Å²) in [7, 11) is -3.73. The van der Waals surface area contributed by atoms with Crippen molar-refractivity contribution in [1.29, 1.82) is 0 Å². The third-order valence-corrected chi connectivity index (χ3v) is 4.13. The molecule has 5 N–H and O–H groups in total. The second kappa shape index (κ2) is 5.82. The molecule has 2 aromatic rings. The fraction of sp³-hybridized carbons (Fsp3) is 0.0769. The van der Waals surface area contributed by atoms with Crippen LogP contribution in [0.25, 0.3) is 0 Å². The van der Waals surface area contributed by atoms with Gasteiger partial charge in [-0.2, -0.15) is 0 Å². The van der Waals surface area contributed by atoms with Crippen molar-refractivity contribution in [1.82, 2.24) is 0 Å². The highest BCUT2D eigenvalue weighted by molar-refractivity contribution is 9.10. The Morgan fingerprint density at radius 3 is 2.50 bits per heavy atom. The van der Waals surface area contributed by atoms with Gasteiger partial charge in [-0.25, -0.2) is 13.6 Å². The van der Waals surface area contributed by atoms with Gasteiger partial charge in [0.05, 0.1) is 16.3 Å². The molecular weight excluding hydrogens is 342 g/mol. The van der Waals surface area contributed by atoms with E-state index in [1.807, 2.05) is 24.3 Å². The van der Waals surface area contributed by atoms with Gasteiger partial charge < -0.3 is 11.1 Å². The Kier molecular flexibility index (Phi) is 4.32. The van der Waals surface area contributed by atoms with Gasteiger partial charge >= 0.3 is 0 Å². The lowest BCUT2D eigenvalue weighted by atomic mass is 10.2. The molecule has 0 aliphatic heterocycles. The summed E-state index contributed by atoms with van der Waals surface area (Å²) < 4.78 is 23.4. The molecule has 0 saturated heterocycles. The summed E-state index contributed by atoms with van der Waals surface area (Å²) in [5.41, 5.74) is 7.90. The zero-order valence-electron chi connectivity index (χ0n) is 10.5. The van der Waals surface area contributed by atoms with Gasteiger partial charge in [0.25, 0.3) is 0 Å². The molecule has 0 heterocycles.